The number of thiophene rings is 1. The zero-order valence-electron chi connectivity index (χ0n) is 11.5. The lowest BCUT2D eigenvalue weighted by Gasteiger charge is -2.32. The molecule has 20 heavy (non-hydrogen) atoms. The molecule has 1 aliphatic carbocycles. The van der Waals surface area contributed by atoms with E-state index >= 15 is 0 Å². The van der Waals surface area contributed by atoms with Gasteiger partial charge in [0.2, 0.25) is 0 Å². The lowest BCUT2D eigenvalue weighted by molar-refractivity contribution is 0.327. The van der Waals surface area contributed by atoms with Crippen LogP contribution in [0.1, 0.15) is 42.0 Å². The van der Waals surface area contributed by atoms with Crippen molar-refractivity contribution in [2.45, 2.75) is 44.2 Å². The predicted molar refractivity (Wildman–Crippen MR) is 90.3 cm³/mol. The Hall–Kier alpha value is -0.640. The van der Waals surface area contributed by atoms with E-state index in [0.29, 0.717) is 12.0 Å². The fraction of sp³-hybridized carbons (Fsp3) is 0.412. The maximum atomic E-state index is 3.79. The number of rotatable bonds is 4. The van der Waals surface area contributed by atoms with Gasteiger partial charge in [-0.1, -0.05) is 43.2 Å². The van der Waals surface area contributed by atoms with Crippen molar-refractivity contribution in [1.82, 2.24) is 5.32 Å². The van der Waals surface area contributed by atoms with Crippen molar-refractivity contribution in [3.05, 3.63) is 56.7 Å². The van der Waals surface area contributed by atoms with Crippen molar-refractivity contribution in [2.75, 3.05) is 0 Å². The molecule has 0 aliphatic heterocycles. The van der Waals surface area contributed by atoms with Gasteiger partial charge in [-0.3, -0.25) is 0 Å². The van der Waals surface area contributed by atoms with Crippen LogP contribution in [-0.4, -0.2) is 6.04 Å². The van der Waals surface area contributed by atoms with Gasteiger partial charge in [0.1, 0.15) is 0 Å². The van der Waals surface area contributed by atoms with Crippen molar-refractivity contribution in [3.63, 3.8) is 0 Å². The van der Waals surface area contributed by atoms with Crippen LogP contribution in [0, 0.1) is 0 Å². The van der Waals surface area contributed by atoms with Gasteiger partial charge in [0.05, 0.1) is 3.79 Å². The number of hydrogen-bond acceptors (Lipinski definition) is 2. The lowest BCUT2D eigenvalue weighted by Crippen LogP contribution is -2.36. The van der Waals surface area contributed by atoms with Crippen LogP contribution in [0.15, 0.2) is 46.3 Å². The average Bonchev–Trinajstić information content (AvgIpc) is 2.92. The molecule has 3 heteroatoms. The third-order valence-electron chi connectivity index (χ3n) is 4.16. The van der Waals surface area contributed by atoms with Crippen molar-refractivity contribution in [2.24, 2.45) is 0 Å². The quantitative estimate of drug-likeness (QED) is 0.786. The van der Waals surface area contributed by atoms with Gasteiger partial charge >= 0.3 is 0 Å². The van der Waals surface area contributed by atoms with Crippen LogP contribution >= 0.6 is 27.3 Å². The third-order valence-corrected chi connectivity index (χ3v) is 5.78. The number of halogens is 1. The summed E-state index contributed by atoms with van der Waals surface area (Å²) in [4.78, 5) is 1.41. The highest BCUT2D eigenvalue weighted by atomic mass is 79.9. The Balaban J connectivity index is 1.66. The first kappa shape index (κ1) is 14.3. The largest absolute Gasteiger partial charge is 0.308 e. The normalized spacial score (nSPS) is 22.9. The zero-order valence-corrected chi connectivity index (χ0v) is 13.9. The lowest BCUT2D eigenvalue weighted by atomic mass is 9.80. The van der Waals surface area contributed by atoms with E-state index < -0.39 is 0 Å². The van der Waals surface area contributed by atoms with Crippen molar-refractivity contribution >= 4 is 27.3 Å². The average molecular weight is 350 g/mol. The summed E-state index contributed by atoms with van der Waals surface area (Å²) in [5, 5.41) is 3.79. The van der Waals surface area contributed by atoms with E-state index in [-0.39, 0.29) is 0 Å². The molecule has 3 rings (SSSR count). The van der Waals surface area contributed by atoms with Crippen LogP contribution in [0.25, 0.3) is 0 Å². The van der Waals surface area contributed by atoms with Crippen LogP contribution in [0.5, 0.6) is 0 Å². The monoisotopic (exact) mass is 349 g/mol. The van der Waals surface area contributed by atoms with Gasteiger partial charge in [0, 0.05) is 17.5 Å². The highest BCUT2D eigenvalue weighted by Gasteiger charge is 2.25. The molecule has 106 valence electrons. The molecule has 1 saturated carbocycles. The summed E-state index contributed by atoms with van der Waals surface area (Å²) >= 11 is 5.36. The highest BCUT2D eigenvalue weighted by Crippen LogP contribution is 2.33. The van der Waals surface area contributed by atoms with Gasteiger partial charge in [-0.25, -0.2) is 0 Å². The van der Waals surface area contributed by atoms with E-state index in [1.165, 1.54) is 39.9 Å². The molecular formula is C17H20BrNS. The Bertz CT molecular complexity index is 537. The molecule has 1 aromatic heterocycles. The summed E-state index contributed by atoms with van der Waals surface area (Å²) in [6.07, 6.45) is 5.33. The predicted octanol–water partition coefficient (Wildman–Crippen LogP) is 5.33. The standard InChI is InChI=1S/C17H20BrNS/c18-17-11-10-14(20-17)12-19-16-9-5-4-8-15(16)13-6-2-1-3-7-13/h1-3,6-7,10-11,15-16,19H,4-5,8-9,12H2. The summed E-state index contributed by atoms with van der Waals surface area (Å²) in [7, 11) is 0. The molecule has 1 aromatic carbocycles. The maximum absolute atomic E-state index is 3.79. The molecule has 2 aromatic rings. The molecule has 1 aliphatic rings. The zero-order chi connectivity index (χ0) is 13.8. The van der Waals surface area contributed by atoms with Crippen molar-refractivity contribution in [3.8, 4) is 0 Å². The number of nitrogens with one attached hydrogen (secondary N) is 1. The smallest absolute Gasteiger partial charge is 0.0701 e. The Morgan fingerprint density at radius 1 is 1.05 bits per heavy atom. The fourth-order valence-electron chi connectivity index (χ4n) is 3.15. The van der Waals surface area contributed by atoms with Crippen molar-refractivity contribution in [1.29, 1.82) is 0 Å². The summed E-state index contributed by atoms with van der Waals surface area (Å²) in [6.45, 7) is 0.990. The summed E-state index contributed by atoms with van der Waals surface area (Å²) in [5.74, 6) is 0.674. The SMILES string of the molecule is Brc1ccc(CNC2CCCCC2c2ccccc2)s1. The van der Waals surface area contributed by atoms with Crippen LogP contribution in [-0.2, 0) is 6.54 Å². The second kappa shape index (κ2) is 6.88. The first-order valence-electron chi connectivity index (χ1n) is 7.35. The van der Waals surface area contributed by atoms with E-state index in [4.69, 9.17) is 0 Å². The first-order chi connectivity index (χ1) is 9.83. The third kappa shape index (κ3) is 3.51. The van der Waals surface area contributed by atoms with Gasteiger partial charge in [-0.2, -0.15) is 0 Å². The van der Waals surface area contributed by atoms with Gasteiger partial charge in [0.15, 0.2) is 0 Å². The van der Waals surface area contributed by atoms with Gasteiger partial charge in [0.25, 0.3) is 0 Å². The van der Waals surface area contributed by atoms with E-state index in [1.807, 2.05) is 11.3 Å². The first-order valence-corrected chi connectivity index (χ1v) is 8.96. The van der Waals surface area contributed by atoms with E-state index in [1.54, 1.807) is 0 Å². The Labute approximate surface area is 133 Å². The number of benzene rings is 1. The molecule has 2 atom stereocenters. The van der Waals surface area contributed by atoms with Gasteiger partial charge < -0.3 is 5.32 Å². The molecule has 0 amide bonds. The second-order valence-corrected chi connectivity index (χ2v) is 8.04. The molecule has 0 bridgehead atoms. The Morgan fingerprint density at radius 3 is 2.60 bits per heavy atom. The minimum absolute atomic E-state index is 0.618. The molecule has 1 fully saturated rings. The molecule has 2 unspecified atom stereocenters. The Morgan fingerprint density at radius 2 is 1.85 bits per heavy atom. The van der Waals surface area contributed by atoms with E-state index in [9.17, 15) is 0 Å². The van der Waals surface area contributed by atoms with Crippen LogP contribution in [0.2, 0.25) is 0 Å². The molecule has 1 heterocycles. The molecular weight excluding hydrogens is 330 g/mol. The van der Waals surface area contributed by atoms with Crippen LogP contribution in [0.4, 0.5) is 0 Å². The van der Waals surface area contributed by atoms with Gasteiger partial charge in [-0.05, 0) is 52.4 Å². The van der Waals surface area contributed by atoms with Crippen molar-refractivity contribution < 1.29 is 0 Å². The summed E-state index contributed by atoms with van der Waals surface area (Å²) in [6, 6.07) is 16.0. The molecule has 1 N–H and O–H groups in total. The molecule has 0 radical (unpaired) electrons. The minimum atomic E-state index is 0.618. The fourth-order valence-corrected chi connectivity index (χ4v) is 4.59. The second-order valence-electron chi connectivity index (χ2n) is 5.49. The summed E-state index contributed by atoms with van der Waals surface area (Å²) in [5.41, 5.74) is 1.50. The van der Waals surface area contributed by atoms with E-state index in [0.717, 1.165) is 6.54 Å². The number of hydrogen-bond donors (Lipinski definition) is 1. The Kier molecular flexibility index (Phi) is 4.92. The summed E-state index contributed by atoms with van der Waals surface area (Å²) < 4.78 is 1.22. The minimum Gasteiger partial charge on any atom is -0.308 e. The molecule has 0 spiro atoms. The van der Waals surface area contributed by atoms with Crippen LogP contribution < -0.4 is 5.32 Å². The van der Waals surface area contributed by atoms with Gasteiger partial charge in [-0.15, -0.1) is 11.3 Å². The maximum Gasteiger partial charge on any atom is 0.0701 e. The van der Waals surface area contributed by atoms with Crippen LogP contribution in [0.3, 0.4) is 0 Å². The highest BCUT2D eigenvalue weighted by molar-refractivity contribution is 9.11. The topological polar surface area (TPSA) is 12.0 Å². The van der Waals surface area contributed by atoms with E-state index in [2.05, 4.69) is 63.7 Å². The molecule has 1 nitrogen and oxygen atoms in total. The molecule has 0 saturated heterocycles.